The van der Waals surface area contributed by atoms with Crippen LogP contribution < -0.4 is 5.73 Å². The fraction of sp³-hybridized carbons (Fsp3) is 0.0625. The van der Waals surface area contributed by atoms with E-state index in [4.69, 9.17) is 5.73 Å². The topological polar surface area (TPSA) is 38.9 Å². The third-order valence-corrected chi connectivity index (χ3v) is 3.06. The lowest BCUT2D eigenvalue weighted by molar-refractivity contribution is 1.40. The van der Waals surface area contributed by atoms with Crippen LogP contribution in [0.4, 0.5) is 5.69 Å². The van der Waals surface area contributed by atoms with Gasteiger partial charge < -0.3 is 5.73 Å². The summed E-state index contributed by atoms with van der Waals surface area (Å²) in [7, 11) is 0. The Balaban J connectivity index is 2.18. The van der Waals surface area contributed by atoms with Crippen LogP contribution in [0.1, 0.15) is 5.56 Å². The average molecular weight is 234 g/mol. The van der Waals surface area contributed by atoms with E-state index in [-0.39, 0.29) is 0 Å². The summed E-state index contributed by atoms with van der Waals surface area (Å²) in [6.07, 6.45) is 1.91. The molecule has 88 valence electrons. The summed E-state index contributed by atoms with van der Waals surface area (Å²) in [4.78, 5) is 4.47. The van der Waals surface area contributed by atoms with Gasteiger partial charge in [-0.25, -0.2) is 0 Å². The molecule has 1 heterocycles. The van der Waals surface area contributed by atoms with Crippen molar-refractivity contribution in [2.24, 2.45) is 0 Å². The zero-order valence-corrected chi connectivity index (χ0v) is 10.2. The minimum absolute atomic E-state index is 0.769. The van der Waals surface area contributed by atoms with E-state index in [1.807, 2.05) is 24.4 Å². The molecule has 0 radical (unpaired) electrons. The van der Waals surface area contributed by atoms with E-state index in [0.29, 0.717) is 0 Å². The molecule has 0 bridgehead atoms. The smallest absolute Gasteiger partial charge is 0.0703 e. The first kappa shape index (κ1) is 10.8. The standard InChI is InChI=1S/C16H14N2/c1-11-3-2-4-12(7-11)14-8-13-9-15(17)5-6-16(13)18-10-14/h2-10H,17H2,1H3. The molecule has 0 aliphatic carbocycles. The van der Waals surface area contributed by atoms with Gasteiger partial charge in [0, 0.05) is 22.8 Å². The maximum Gasteiger partial charge on any atom is 0.0703 e. The highest BCUT2D eigenvalue weighted by molar-refractivity contribution is 5.86. The molecule has 0 aliphatic heterocycles. The molecule has 3 rings (SSSR count). The van der Waals surface area contributed by atoms with Crippen molar-refractivity contribution in [1.82, 2.24) is 4.98 Å². The Morgan fingerprint density at radius 1 is 0.944 bits per heavy atom. The molecule has 3 aromatic rings. The molecule has 2 heteroatoms. The van der Waals surface area contributed by atoms with Crippen molar-refractivity contribution in [1.29, 1.82) is 0 Å². The van der Waals surface area contributed by atoms with Gasteiger partial charge in [0.05, 0.1) is 5.52 Å². The average Bonchev–Trinajstić information content (AvgIpc) is 2.38. The van der Waals surface area contributed by atoms with Crippen LogP contribution in [0.5, 0.6) is 0 Å². The number of rotatable bonds is 1. The summed E-state index contributed by atoms with van der Waals surface area (Å²) in [6, 6.07) is 16.3. The Morgan fingerprint density at radius 2 is 1.83 bits per heavy atom. The number of hydrogen-bond donors (Lipinski definition) is 1. The van der Waals surface area contributed by atoms with Gasteiger partial charge in [0.2, 0.25) is 0 Å². The van der Waals surface area contributed by atoms with Gasteiger partial charge in [-0.3, -0.25) is 4.98 Å². The first-order valence-electron chi connectivity index (χ1n) is 5.95. The van der Waals surface area contributed by atoms with Gasteiger partial charge in [-0.2, -0.15) is 0 Å². The Bertz CT molecular complexity index is 717. The molecule has 0 atom stereocenters. The van der Waals surface area contributed by atoms with Crippen LogP contribution in [0, 0.1) is 6.92 Å². The third kappa shape index (κ3) is 1.93. The van der Waals surface area contributed by atoms with E-state index < -0.39 is 0 Å². The number of aryl methyl sites for hydroxylation is 1. The van der Waals surface area contributed by atoms with E-state index in [1.54, 1.807) is 0 Å². The fourth-order valence-corrected chi connectivity index (χ4v) is 2.13. The number of anilines is 1. The third-order valence-electron chi connectivity index (χ3n) is 3.06. The second-order valence-corrected chi connectivity index (χ2v) is 4.55. The van der Waals surface area contributed by atoms with Gasteiger partial charge >= 0.3 is 0 Å². The van der Waals surface area contributed by atoms with Crippen LogP contribution in [-0.4, -0.2) is 4.98 Å². The van der Waals surface area contributed by atoms with Crippen molar-refractivity contribution in [3.8, 4) is 11.1 Å². The van der Waals surface area contributed by atoms with E-state index in [1.165, 1.54) is 11.1 Å². The summed E-state index contributed by atoms with van der Waals surface area (Å²) in [5, 5.41) is 1.08. The molecule has 2 aromatic carbocycles. The molecule has 0 amide bonds. The normalized spacial score (nSPS) is 10.7. The van der Waals surface area contributed by atoms with E-state index >= 15 is 0 Å². The quantitative estimate of drug-likeness (QED) is 0.650. The number of nitrogens with two attached hydrogens (primary N) is 1. The van der Waals surface area contributed by atoms with Crippen molar-refractivity contribution in [2.75, 3.05) is 5.73 Å². The Kier molecular flexibility index (Phi) is 2.49. The predicted molar refractivity (Wildman–Crippen MR) is 76.3 cm³/mol. The van der Waals surface area contributed by atoms with Gasteiger partial charge in [-0.15, -0.1) is 0 Å². The van der Waals surface area contributed by atoms with E-state index in [2.05, 4.69) is 42.2 Å². The Labute approximate surface area is 106 Å². The fourth-order valence-electron chi connectivity index (χ4n) is 2.13. The van der Waals surface area contributed by atoms with Crippen molar-refractivity contribution in [3.05, 3.63) is 60.3 Å². The lowest BCUT2D eigenvalue weighted by Crippen LogP contribution is -1.87. The first-order chi connectivity index (χ1) is 8.72. The molecule has 1 aromatic heterocycles. The van der Waals surface area contributed by atoms with Crippen LogP contribution in [0.25, 0.3) is 22.0 Å². The lowest BCUT2D eigenvalue weighted by atomic mass is 10.0. The zero-order chi connectivity index (χ0) is 12.5. The molecule has 0 saturated carbocycles. The monoisotopic (exact) mass is 234 g/mol. The largest absolute Gasteiger partial charge is 0.399 e. The number of hydrogen-bond acceptors (Lipinski definition) is 2. The summed E-state index contributed by atoms with van der Waals surface area (Å²) in [5.74, 6) is 0. The van der Waals surface area contributed by atoms with Crippen molar-refractivity contribution in [3.63, 3.8) is 0 Å². The number of nitrogens with zero attached hydrogens (tertiary/aromatic N) is 1. The van der Waals surface area contributed by atoms with Gasteiger partial charge in [0.15, 0.2) is 0 Å². The minimum atomic E-state index is 0.769. The molecule has 0 fully saturated rings. The van der Waals surface area contributed by atoms with Crippen LogP contribution in [0.15, 0.2) is 54.7 Å². The highest BCUT2D eigenvalue weighted by atomic mass is 14.7. The van der Waals surface area contributed by atoms with Crippen molar-refractivity contribution < 1.29 is 0 Å². The van der Waals surface area contributed by atoms with E-state index in [0.717, 1.165) is 22.2 Å². The van der Waals surface area contributed by atoms with Crippen molar-refractivity contribution >= 4 is 16.6 Å². The molecule has 0 spiro atoms. The second-order valence-electron chi connectivity index (χ2n) is 4.55. The molecular weight excluding hydrogens is 220 g/mol. The van der Waals surface area contributed by atoms with Crippen LogP contribution >= 0.6 is 0 Å². The lowest BCUT2D eigenvalue weighted by Gasteiger charge is -2.05. The van der Waals surface area contributed by atoms with Gasteiger partial charge in [-0.1, -0.05) is 29.8 Å². The molecular formula is C16H14N2. The predicted octanol–water partition coefficient (Wildman–Crippen LogP) is 3.79. The van der Waals surface area contributed by atoms with Crippen LogP contribution in [0.3, 0.4) is 0 Å². The summed E-state index contributed by atoms with van der Waals surface area (Å²) in [6.45, 7) is 2.09. The van der Waals surface area contributed by atoms with Gasteiger partial charge in [-0.05, 0) is 36.8 Å². The molecule has 0 unspecified atom stereocenters. The van der Waals surface area contributed by atoms with Crippen molar-refractivity contribution in [2.45, 2.75) is 6.92 Å². The molecule has 2 nitrogen and oxygen atoms in total. The minimum Gasteiger partial charge on any atom is -0.399 e. The number of benzene rings is 2. The van der Waals surface area contributed by atoms with E-state index in [9.17, 15) is 0 Å². The van der Waals surface area contributed by atoms with Gasteiger partial charge in [0.25, 0.3) is 0 Å². The summed E-state index contributed by atoms with van der Waals surface area (Å²) in [5.41, 5.74) is 11.1. The maximum atomic E-state index is 5.81. The molecule has 0 saturated heterocycles. The SMILES string of the molecule is Cc1cccc(-c2cnc3ccc(N)cc3c2)c1. The Morgan fingerprint density at radius 3 is 2.67 bits per heavy atom. The number of aromatic nitrogens is 1. The molecule has 18 heavy (non-hydrogen) atoms. The number of nitrogen functional groups attached to an aromatic ring is 1. The zero-order valence-electron chi connectivity index (χ0n) is 10.2. The second kappa shape index (κ2) is 4.15. The molecule has 2 N–H and O–H groups in total. The Hall–Kier alpha value is -2.35. The van der Waals surface area contributed by atoms with Crippen LogP contribution in [0.2, 0.25) is 0 Å². The maximum absolute atomic E-state index is 5.81. The van der Waals surface area contributed by atoms with Crippen LogP contribution in [-0.2, 0) is 0 Å². The highest BCUT2D eigenvalue weighted by Gasteiger charge is 2.01. The highest BCUT2D eigenvalue weighted by Crippen LogP contribution is 2.24. The number of pyridine rings is 1. The number of fused-ring (bicyclic) bond motifs is 1. The summed E-state index contributed by atoms with van der Waals surface area (Å²) < 4.78 is 0. The molecule has 0 aliphatic rings. The summed E-state index contributed by atoms with van der Waals surface area (Å²) >= 11 is 0. The first-order valence-corrected chi connectivity index (χ1v) is 5.95. The van der Waals surface area contributed by atoms with Gasteiger partial charge in [0.1, 0.15) is 0 Å².